The van der Waals surface area contributed by atoms with Gasteiger partial charge in [-0.05, 0) is 45.1 Å². The predicted molar refractivity (Wildman–Crippen MR) is 111 cm³/mol. The standard InChI is InChI=1S/C17H25N7O6S/c1-23(2)9-11-30-10-7-12-13(20-22-18)5-6-15(16(12)24(26)27)31(28,29)21-17(25)14-4-3-8-19-14/h5-6,14,19H,3-4,7-11H2,1-2H3,(H,21,25). The number of nitro groups is 1. The zero-order valence-corrected chi connectivity index (χ0v) is 18.1. The first-order valence-electron chi connectivity index (χ1n) is 9.55. The fraction of sp³-hybridized carbons (Fsp3) is 0.588. The number of carbonyl (C=O) groups excluding carboxylic acids is 1. The number of hydrogen-bond donors (Lipinski definition) is 2. The Morgan fingerprint density at radius 2 is 2.19 bits per heavy atom. The highest BCUT2D eigenvalue weighted by Crippen LogP contribution is 2.35. The minimum atomic E-state index is -4.54. The van der Waals surface area contributed by atoms with Crippen LogP contribution in [0.15, 0.2) is 22.1 Å². The number of amides is 1. The molecule has 2 rings (SSSR count). The van der Waals surface area contributed by atoms with Gasteiger partial charge in [0, 0.05) is 29.1 Å². The molecule has 0 spiro atoms. The third-order valence-electron chi connectivity index (χ3n) is 4.64. The van der Waals surface area contributed by atoms with Crippen molar-refractivity contribution < 1.29 is 22.9 Å². The number of benzene rings is 1. The number of likely N-dealkylation sites (N-methyl/N-ethyl adjacent to an activating group) is 1. The van der Waals surface area contributed by atoms with Gasteiger partial charge in [0.25, 0.3) is 21.6 Å². The van der Waals surface area contributed by atoms with Crippen molar-refractivity contribution in [3.63, 3.8) is 0 Å². The lowest BCUT2D eigenvalue weighted by Crippen LogP contribution is -2.43. The average molecular weight is 455 g/mol. The molecule has 0 radical (unpaired) electrons. The van der Waals surface area contributed by atoms with E-state index in [4.69, 9.17) is 10.3 Å². The highest BCUT2D eigenvalue weighted by atomic mass is 32.2. The second-order valence-electron chi connectivity index (χ2n) is 7.14. The van der Waals surface area contributed by atoms with Crippen LogP contribution in [0.5, 0.6) is 0 Å². The maximum atomic E-state index is 12.8. The number of rotatable bonds is 11. The maximum absolute atomic E-state index is 12.8. The van der Waals surface area contributed by atoms with E-state index in [1.807, 2.05) is 23.7 Å². The van der Waals surface area contributed by atoms with E-state index in [9.17, 15) is 23.3 Å². The molecule has 0 aromatic heterocycles. The molecule has 2 N–H and O–H groups in total. The van der Waals surface area contributed by atoms with Crippen LogP contribution in [0.3, 0.4) is 0 Å². The second-order valence-corrected chi connectivity index (χ2v) is 8.79. The molecule has 1 fully saturated rings. The molecule has 1 unspecified atom stereocenters. The van der Waals surface area contributed by atoms with Gasteiger partial charge in [0.05, 0.1) is 24.2 Å². The zero-order chi connectivity index (χ0) is 23.0. The number of carbonyl (C=O) groups is 1. The van der Waals surface area contributed by atoms with Crippen LogP contribution in [0, 0.1) is 10.1 Å². The molecule has 13 nitrogen and oxygen atoms in total. The van der Waals surface area contributed by atoms with E-state index in [0.717, 1.165) is 12.5 Å². The van der Waals surface area contributed by atoms with Crippen LogP contribution in [0.4, 0.5) is 11.4 Å². The Hall–Kier alpha value is -2.77. The first-order chi connectivity index (χ1) is 14.7. The molecular weight excluding hydrogens is 430 g/mol. The summed E-state index contributed by atoms with van der Waals surface area (Å²) in [5, 5.41) is 18.1. The topological polar surface area (TPSA) is 180 Å². The Balaban J connectivity index is 2.37. The van der Waals surface area contributed by atoms with Crippen molar-refractivity contribution in [2.75, 3.05) is 40.4 Å². The summed E-state index contributed by atoms with van der Waals surface area (Å²) in [6, 6.07) is 1.45. The Morgan fingerprint density at radius 1 is 1.45 bits per heavy atom. The van der Waals surface area contributed by atoms with Crippen LogP contribution in [0.25, 0.3) is 10.4 Å². The molecule has 1 heterocycles. The van der Waals surface area contributed by atoms with Crippen LogP contribution in [0.2, 0.25) is 0 Å². The Bertz CT molecular complexity index is 969. The van der Waals surface area contributed by atoms with E-state index in [0.29, 0.717) is 26.1 Å². The third-order valence-corrected chi connectivity index (χ3v) is 6.01. The van der Waals surface area contributed by atoms with E-state index in [2.05, 4.69) is 15.3 Å². The number of nitrogens with zero attached hydrogens (tertiary/aromatic N) is 5. The lowest BCUT2D eigenvalue weighted by Gasteiger charge is -2.14. The second kappa shape index (κ2) is 11.0. The number of nitrogens with one attached hydrogen (secondary N) is 2. The van der Waals surface area contributed by atoms with Gasteiger partial charge in [-0.1, -0.05) is 11.2 Å². The molecule has 170 valence electrons. The molecule has 1 aromatic carbocycles. The van der Waals surface area contributed by atoms with Gasteiger partial charge >= 0.3 is 0 Å². The molecule has 1 atom stereocenters. The number of nitro benzene ring substituents is 1. The lowest BCUT2D eigenvalue weighted by molar-refractivity contribution is -0.388. The van der Waals surface area contributed by atoms with Gasteiger partial charge in [-0.2, -0.15) is 0 Å². The van der Waals surface area contributed by atoms with E-state index in [1.54, 1.807) is 0 Å². The maximum Gasteiger partial charge on any atom is 0.293 e. The van der Waals surface area contributed by atoms with E-state index in [-0.39, 0.29) is 24.3 Å². The fourth-order valence-electron chi connectivity index (χ4n) is 3.10. The summed E-state index contributed by atoms with van der Waals surface area (Å²) in [6.45, 7) is 1.61. The molecule has 0 bridgehead atoms. The van der Waals surface area contributed by atoms with Crippen molar-refractivity contribution in [1.82, 2.24) is 14.9 Å². The molecule has 1 saturated heterocycles. The van der Waals surface area contributed by atoms with Gasteiger partial charge < -0.3 is 15.0 Å². The summed E-state index contributed by atoms with van der Waals surface area (Å²) < 4.78 is 32.9. The summed E-state index contributed by atoms with van der Waals surface area (Å²) in [7, 11) is -0.819. The van der Waals surface area contributed by atoms with E-state index in [1.165, 1.54) is 6.07 Å². The van der Waals surface area contributed by atoms with Crippen molar-refractivity contribution in [3.8, 4) is 0 Å². The SMILES string of the molecule is CN(C)CCOCCc1c(N=[N+]=[N-])ccc(S(=O)(=O)NC(=O)C2CCCN2)c1[N+](=O)[O-]. The van der Waals surface area contributed by atoms with Crippen LogP contribution in [-0.2, 0) is 26.0 Å². The summed E-state index contributed by atoms with van der Waals surface area (Å²) in [5.74, 6) is -0.778. The molecule has 1 amide bonds. The summed E-state index contributed by atoms with van der Waals surface area (Å²) in [5.41, 5.74) is 7.88. The molecule has 31 heavy (non-hydrogen) atoms. The van der Waals surface area contributed by atoms with Crippen molar-refractivity contribution in [3.05, 3.63) is 38.3 Å². The highest BCUT2D eigenvalue weighted by molar-refractivity contribution is 7.90. The highest BCUT2D eigenvalue weighted by Gasteiger charge is 2.34. The van der Waals surface area contributed by atoms with Crippen LogP contribution >= 0.6 is 0 Å². The molecule has 0 aliphatic carbocycles. The zero-order valence-electron chi connectivity index (χ0n) is 17.3. The monoisotopic (exact) mass is 455 g/mol. The van der Waals surface area contributed by atoms with Gasteiger partial charge in [0.2, 0.25) is 0 Å². The van der Waals surface area contributed by atoms with Crippen molar-refractivity contribution in [2.45, 2.75) is 30.2 Å². The van der Waals surface area contributed by atoms with Crippen molar-refractivity contribution >= 4 is 27.3 Å². The fourth-order valence-corrected chi connectivity index (χ4v) is 4.32. The molecule has 0 saturated carbocycles. The van der Waals surface area contributed by atoms with Gasteiger partial charge in [-0.15, -0.1) is 0 Å². The van der Waals surface area contributed by atoms with Gasteiger partial charge in [-0.3, -0.25) is 14.9 Å². The Kier molecular flexibility index (Phi) is 8.71. The van der Waals surface area contributed by atoms with Gasteiger partial charge in [0.15, 0.2) is 4.90 Å². The van der Waals surface area contributed by atoms with Crippen LogP contribution in [0.1, 0.15) is 18.4 Å². The Labute approximate surface area is 179 Å². The summed E-state index contributed by atoms with van der Waals surface area (Å²) in [4.78, 5) is 27.1. The van der Waals surface area contributed by atoms with Crippen molar-refractivity contribution in [2.24, 2.45) is 5.11 Å². The quantitative estimate of drug-likeness (QED) is 0.125. The van der Waals surface area contributed by atoms with E-state index < -0.39 is 37.5 Å². The average Bonchev–Trinajstić information content (AvgIpc) is 3.22. The Morgan fingerprint density at radius 3 is 2.77 bits per heavy atom. The van der Waals surface area contributed by atoms with Crippen molar-refractivity contribution in [1.29, 1.82) is 0 Å². The van der Waals surface area contributed by atoms with Gasteiger partial charge in [-0.25, -0.2) is 13.1 Å². The minimum absolute atomic E-state index is 0.0461. The smallest absolute Gasteiger partial charge is 0.293 e. The molecule has 1 aromatic rings. The summed E-state index contributed by atoms with van der Waals surface area (Å²) >= 11 is 0. The number of azide groups is 1. The third kappa shape index (κ3) is 6.60. The normalized spacial score (nSPS) is 16.2. The van der Waals surface area contributed by atoms with Gasteiger partial charge in [0.1, 0.15) is 0 Å². The molecule has 1 aliphatic heterocycles. The molecule has 1 aliphatic rings. The number of sulfonamides is 1. The lowest BCUT2D eigenvalue weighted by atomic mass is 10.1. The van der Waals surface area contributed by atoms with Crippen LogP contribution < -0.4 is 10.0 Å². The first kappa shape index (κ1) is 24.5. The number of ether oxygens (including phenoxy) is 1. The molecule has 14 heteroatoms. The predicted octanol–water partition coefficient (Wildman–Crippen LogP) is 1.21. The minimum Gasteiger partial charge on any atom is -0.380 e. The summed E-state index contributed by atoms with van der Waals surface area (Å²) in [6.07, 6.45) is 1.13. The van der Waals surface area contributed by atoms with Crippen LogP contribution in [-0.4, -0.2) is 70.6 Å². The largest absolute Gasteiger partial charge is 0.380 e. The first-order valence-corrected chi connectivity index (χ1v) is 11.0. The molecular formula is C17H25N7O6S. The number of hydrogen-bond acceptors (Lipinski definition) is 9. The van der Waals surface area contributed by atoms with E-state index >= 15 is 0 Å².